The van der Waals surface area contributed by atoms with Gasteiger partial charge in [0.15, 0.2) is 4.77 Å². The molecule has 2 nitrogen and oxygen atoms in total. The summed E-state index contributed by atoms with van der Waals surface area (Å²) in [4.78, 5) is 2.69. The highest BCUT2D eigenvalue weighted by Gasteiger charge is 2.27. The number of rotatable bonds is 2. The van der Waals surface area contributed by atoms with Crippen LogP contribution in [0.3, 0.4) is 0 Å². The molecule has 0 atom stereocenters. The van der Waals surface area contributed by atoms with E-state index in [1.165, 1.54) is 10.6 Å². The van der Waals surface area contributed by atoms with Gasteiger partial charge >= 0.3 is 6.18 Å². The fourth-order valence-electron chi connectivity index (χ4n) is 1.61. The molecule has 2 aromatic rings. The Morgan fingerprint density at radius 2 is 2.00 bits per heavy atom. The van der Waals surface area contributed by atoms with Gasteiger partial charge in [-0.3, -0.25) is 0 Å². The van der Waals surface area contributed by atoms with E-state index in [9.17, 15) is 17.6 Å². The van der Waals surface area contributed by atoms with Gasteiger partial charge in [-0.1, -0.05) is 11.6 Å². The molecule has 98 valence electrons. The molecule has 0 aliphatic heterocycles. The number of imidazole rings is 1. The third-order valence-corrected chi connectivity index (χ3v) is 3.05. The van der Waals surface area contributed by atoms with Gasteiger partial charge in [-0.15, -0.1) is 0 Å². The molecule has 0 aliphatic rings. The summed E-state index contributed by atoms with van der Waals surface area (Å²) in [5, 5.41) is -0.110. The average molecular weight is 299 g/mol. The fraction of sp³-hybridized carbons (Fsp3) is 0.300. The lowest BCUT2D eigenvalue weighted by Crippen LogP contribution is -2.12. The molecule has 0 saturated carbocycles. The maximum atomic E-state index is 13.3. The number of aromatic amines is 1. The van der Waals surface area contributed by atoms with Gasteiger partial charge < -0.3 is 9.55 Å². The Kier molecular flexibility index (Phi) is 3.37. The topological polar surface area (TPSA) is 20.7 Å². The van der Waals surface area contributed by atoms with E-state index in [1.54, 1.807) is 0 Å². The van der Waals surface area contributed by atoms with Gasteiger partial charge in [0, 0.05) is 12.6 Å². The van der Waals surface area contributed by atoms with Gasteiger partial charge in [-0.25, -0.2) is 4.39 Å². The third-order valence-electron chi connectivity index (χ3n) is 2.44. The van der Waals surface area contributed by atoms with Gasteiger partial charge in [0.1, 0.15) is 5.82 Å². The van der Waals surface area contributed by atoms with Gasteiger partial charge in [-0.2, -0.15) is 13.2 Å². The van der Waals surface area contributed by atoms with Gasteiger partial charge in [-0.05, 0) is 18.3 Å². The zero-order chi connectivity index (χ0) is 13.5. The van der Waals surface area contributed by atoms with Crippen molar-refractivity contribution in [3.05, 3.63) is 27.7 Å². The highest BCUT2D eigenvalue weighted by Crippen LogP contribution is 2.25. The molecule has 18 heavy (non-hydrogen) atoms. The second-order valence-electron chi connectivity index (χ2n) is 3.73. The van der Waals surface area contributed by atoms with E-state index in [2.05, 4.69) is 4.98 Å². The second-order valence-corrected chi connectivity index (χ2v) is 4.52. The number of fused-ring (bicyclic) bond motifs is 1. The van der Waals surface area contributed by atoms with Crippen molar-refractivity contribution in [2.45, 2.75) is 19.1 Å². The number of alkyl halides is 3. The number of nitrogens with one attached hydrogen (secondary N) is 1. The van der Waals surface area contributed by atoms with E-state index in [4.69, 9.17) is 23.8 Å². The summed E-state index contributed by atoms with van der Waals surface area (Å²) in [5.41, 5.74) is 0.680. The Labute approximate surface area is 109 Å². The second kappa shape index (κ2) is 4.55. The number of hydrogen-bond donors (Lipinski definition) is 1. The number of nitrogens with zero attached hydrogens (tertiary/aromatic N) is 1. The highest BCUT2D eigenvalue weighted by atomic mass is 35.5. The summed E-state index contributed by atoms with van der Waals surface area (Å²) in [5.74, 6) is -0.695. The first-order chi connectivity index (χ1) is 8.28. The van der Waals surface area contributed by atoms with Crippen molar-refractivity contribution in [1.82, 2.24) is 9.55 Å². The van der Waals surface area contributed by atoms with E-state index < -0.39 is 18.4 Å². The normalized spacial score (nSPS) is 12.3. The predicted molar refractivity (Wildman–Crippen MR) is 62.8 cm³/mol. The first-order valence-electron chi connectivity index (χ1n) is 4.92. The number of hydrogen-bond acceptors (Lipinski definition) is 1. The smallest absolute Gasteiger partial charge is 0.331 e. The zero-order valence-corrected chi connectivity index (χ0v) is 10.4. The Morgan fingerprint density at radius 1 is 1.33 bits per heavy atom. The summed E-state index contributed by atoms with van der Waals surface area (Å²) < 4.78 is 51.1. The fourth-order valence-corrected chi connectivity index (χ4v) is 2.08. The molecular formula is C10H7ClF4N2S. The number of benzene rings is 1. The molecule has 1 aromatic heterocycles. The predicted octanol–water partition coefficient (Wildman–Crippen LogP) is 4.44. The van der Waals surface area contributed by atoms with Crippen LogP contribution in [0, 0.1) is 10.6 Å². The monoisotopic (exact) mass is 298 g/mol. The van der Waals surface area contributed by atoms with Crippen molar-refractivity contribution in [3.8, 4) is 0 Å². The van der Waals surface area contributed by atoms with E-state index in [0.29, 0.717) is 5.52 Å². The first-order valence-corrected chi connectivity index (χ1v) is 5.71. The van der Waals surface area contributed by atoms with Crippen LogP contribution in [-0.4, -0.2) is 15.7 Å². The molecule has 0 radical (unpaired) electrons. The average Bonchev–Trinajstić information content (AvgIpc) is 2.51. The number of halogens is 5. The lowest BCUT2D eigenvalue weighted by molar-refractivity contribution is -0.136. The summed E-state index contributed by atoms with van der Waals surface area (Å²) in [6, 6.07) is 2.37. The summed E-state index contributed by atoms with van der Waals surface area (Å²) in [7, 11) is 0. The highest BCUT2D eigenvalue weighted by molar-refractivity contribution is 7.71. The largest absolute Gasteiger partial charge is 0.390 e. The first kappa shape index (κ1) is 13.4. The van der Waals surface area contributed by atoms with Gasteiger partial charge in [0.25, 0.3) is 0 Å². The molecule has 8 heteroatoms. The van der Waals surface area contributed by atoms with E-state index in [0.717, 1.165) is 6.07 Å². The minimum atomic E-state index is -4.29. The van der Waals surface area contributed by atoms with E-state index in [1.807, 2.05) is 0 Å². The molecule has 0 spiro atoms. The van der Waals surface area contributed by atoms with Crippen LogP contribution in [-0.2, 0) is 6.54 Å². The Bertz CT molecular complexity index is 644. The number of aryl methyl sites for hydroxylation is 1. The lowest BCUT2D eigenvalue weighted by Gasteiger charge is -2.07. The van der Waals surface area contributed by atoms with Crippen molar-refractivity contribution < 1.29 is 17.6 Å². The van der Waals surface area contributed by atoms with Crippen LogP contribution in [0.1, 0.15) is 6.42 Å². The van der Waals surface area contributed by atoms with Crippen molar-refractivity contribution in [2.24, 2.45) is 0 Å². The number of aromatic nitrogens is 2. The molecule has 0 unspecified atom stereocenters. The standard InChI is InChI=1S/C10H7ClF4N2S/c11-5-3-7-8(4-6(5)12)17(9(18)16-7)2-1-10(13,14)15/h3-4H,1-2H2,(H,16,18). The van der Waals surface area contributed by atoms with Gasteiger partial charge in [0.05, 0.1) is 22.5 Å². The van der Waals surface area contributed by atoms with Crippen LogP contribution in [0.4, 0.5) is 17.6 Å². The number of H-pyrrole nitrogens is 1. The van der Waals surface area contributed by atoms with Crippen molar-refractivity contribution >= 4 is 34.9 Å². The summed E-state index contributed by atoms with van der Waals surface area (Å²) >= 11 is 10.5. The zero-order valence-electron chi connectivity index (χ0n) is 8.81. The van der Waals surface area contributed by atoms with Gasteiger partial charge in [0.2, 0.25) is 0 Å². The quantitative estimate of drug-likeness (QED) is 0.642. The van der Waals surface area contributed by atoms with Crippen LogP contribution in [0.5, 0.6) is 0 Å². The molecule has 1 N–H and O–H groups in total. The molecule has 0 bridgehead atoms. The molecule has 0 aliphatic carbocycles. The van der Waals surface area contributed by atoms with E-state index >= 15 is 0 Å². The Morgan fingerprint density at radius 3 is 2.61 bits per heavy atom. The SMILES string of the molecule is Fc1cc2c(cc1Cl)[nH]c(=S)n2CCC(F)(F)F. The minimum Gasteiger partial charge on any atom is -0.331 e. The van der Waals surface area contributed by atoms with Crippen LogP contribution in [0.2, 0.25) is 5.02 Å². The van der Waals surface area contributed by atoms with Crippen molar-refractivity contribution in [1.29, 1.82) is 0 Å². The Balaban J connectivity index is 2.47. The minimum absolute atomic E-state index is 0.107. The van der Waals surface area contributed by atoms with Crippen molar-refractivity contribution in [2.75, 3.05) is 0 Å². The molecular weight excluding hydrogens is 292 g/mol. The summed E-state index contributed by atoms with van der Waals surface area (Å²) in [6.07, 6.45) is -5.32. The molecule has 1 heterocycles. The van der Waals surface area contributed by atoms with E-state index in [-0.39, 0.29) is 21.9 Å². The molecule has 0 saturated heterocycles. The summed E-state index contributed by atoms with van der Waals surface area (Å²) in [6.45, 7) is -0.358. The lowest BCUT2D eigenvalue weighted by atomic mass is 10.3. The van der Waals surface area contributed by atoms with Crippen LogP contribution in [0.25, 0.3) is 11.0 Å². The van der Waals surface area contributed by atoms with Crippen LogP contribution >= 0.6 is 23.8 Å². The molecule has 2 rings (SSSR count). The third kappa shape index (κ3) is 2.67. The van der Waals surface area contributed by atoms with Crippen molar-refractivity contribution in [3.63, 3.8) is 0 Å². The molecule has 1 aromatic carbocycles. The van der Waals surface area contributed by atoms with Crippen LogP contribution in [0.15, 0.2) is 12.1 Å². The van der Waals surface area contributed by atoms with Crippen LogP contribution < -0.4 is 0 Å². The Hall–Kier alpha value is -1.08. The molecule has 0 fully saturated rings. The maximum Gasteiger partial charge on any atom is 0.390 e. The molecule has 0 amide bonds. The maximum absolute atomic E-state index is 13.3.